The van der Waals surface area contributed by atoms with Crippen molar-refractivity contribution in [2.45, 2.75) is 11.3 Å². The topological polar surface area (TPSA) is 96.0 Å². The van der Waals surface area contributed by atoms with Gasteiger partial charge in [-0.2, -0.15) is 0 Å². The molecule has 2 rings (SSSR count). The van der Waals surface area contributed by atoms with Gasteiger partial charge in [0.1, 0.15) is 5.82 Å². The second-order valence-electron chi connectivity index (χ2n) is 4.46. The van der Waals surface area contributed by atoms with E-state index in [1.165, 1.54) is 18.2 Å². The molecule has 0 unspecified atom stereocenters. The van der Waals surface area contributed by atoms with Gasteiger partial charge in [0.25, 0.3) is 10.0 Å². The molecule has 0 saturated carbocycles. The quantitative estimate of drug-likeness (QED) is 0.583. The molecule has 2 aromatic rings. The van der Waals surface area contributed by atoms with Crippen LogP contribution in [0.3, 0.4) is 0 Å². The van der Waals surface area contributed by atoms with Gasteiger partial charge in [-0.3, -0.25) is 10.1 Å². The molecule has 0 bridgehead atoms. The fourth-order valence-corrected chi connectivity index (χ4v) is 2.85. The lowest BCUT2D eigenvalue weighted by molar-refractivity contribution is 0.595. The van der Waals surface area contributed by atoms with Gasteiger partial charge < -0.3 is 5.73 Å². The summed E-state index contributed by atoms with van der Waals surface area (Å²) in [6.07, 6.45) is 0.303. The molecule has 0 aromatic heterocycles. The van der Waals surface area contributed by atoms with Crippen molar-refractivity contribution in [3.05, 3.63) is 59.9 Å². The monoisotopic (exact) mass is 307 g/mol. The number of hydrogen-bond donors (Lipinski definition) is 3. The van der Waals surface area contributed by atoms with Crippen LogP contribution in [0, 0.1) is 11.2 Å². The van der Waals surface area contributed by atoms with Crippen LogP contribution in [0.25, 0.3) is 0 Å². The number of nitrogens with one attached hydrogen (secondary N) is 2. The van der Waals surface area contributed by atoms with Crippen LogP contribution < -0.4 is 10.5 Å². The third-order valence-electron chi connectivity index (χ3n) is 2.71. The largest absolute Gasteiger partial charge is 0.387 e. The van der Waals surface area contributed by atoms with Gasteiger partial charge in [0.15, 0.2) is 0 Å². The lowest BCUT2D eigenvalue weighted by atomic mass is 10.1. The zero-order valence-electron chi connectivity index (χ0n) is 11.0. The SMILES string of the molecule is N=C(N)Cc1ccc(NS(=O)(=O)c2cccc(F)c2)cc1. The van der Waals surface area contributed by atoms with Crippen molar-refractivity contribution in [1.82, 2.24) is 0 Å². The van der Waals surface area contributed by atoms with Gasteiger partial charge >= 0.3 is 0 Å². The molecule has 0 fully saturated rings. The molecular formula is C14H14FN3O2S. The molecule has 0 radical (unpaired) electrons. The van der Waals surface area contributed by atoms with E-state index in [2.05, 4.69) is 4.72 Å². The van der Waals surface area contributed by atoms with Gasteiger partial charge in [0.05, 0.1) is 10.7 Å². The zero-order chi connectivity index (χ0) is 15.5. The normalized spacial score (nSPS) is 11.1. The summed E-state index contributed by atoms with van der Waals surface area (Å²) < 4.78 is 39.6. The molecule has 0 aliphatic rings. The van der Waals surface area contributed by atoms with Crippen molar-refractivity contribution < 1.29 is 12.8 Å². The number of anilines is 1. The molecule has 4 N–H and O–H groups in total. The van der Waals surface area contributed by atoms with Gasteiger partial charge in [0, 0.05) is 12.1 Å². The third kappa shape index (κ3) is 4.03. The van der Waals surface area contributed by atoms with Crippen molar-refractivity contribution in [2.24, 2.45) is 5.73 Å². The number of amidine groups is 1. The predicted molar refractivity (Wildman–Crippen MR) is 79.3 cm³/mol. The van der Waals surface area contributed by atoms with E-state index < -0.39 is 15.8 Å². The highest BCUT2D eigenvalue weighted by molar-refractivity contribution is 7.92. The van der Waals surface area contributed by atoms with Crippen molar-refractivity contribution in [1.29, 1.82) is 5.41 Å². The van der Waals surface area contributed by atoms with E-state index in [1.807, 2.05) is 0 Å². The van der Waals surface area contributed by atoms with E-state index in [0.29, 0.717) is 12.1 Å². The molecule has 7 heteroatoms. The molecule has 0 spiro atoms. The molecule has 0 heterocycles. The first kappa shape index (κ1) is 15.0. The van der Waals surface area contributed by atoms with Crippen LogP contribution in [0.15, 0.2) is 53.4 Å². The summed E-state index contributed by atoms with van der Waals surface area (Å²) in [5.74, 6) is -0.585. The first-order chi connectivity index (χ1) is 9.87. The number of halogens is 1. The smallest absolute Gasteiger partial charge is 0.261 e. The molecular weight excluding hydrogens is 293 g/mol. The Balaban J connectivity index is 2.19. The lowest BCUT2D eigenvalue weighted by Crippen LogP contribution is -2.14. The Hall–Kier alpha value is -2.41. The predicted octanol–water partition coefficient (Wildman–Crippen LogP) is 2.10. The van der Waals surface area contributed by atoms with Crippen LogP contribution in [-0.2, 0) is 16.4 Å². The number of nitrogens with two attached hydrogens (primary N) is 1. The maximum absolute atomic E-state index is 13.1. The molecule has 0 atom stereocenters. The van der Waals surface area contributed by atoms with Gasteiger partial charge in [-0.15, -0.1) is 0 Å². The van der Waals surface area contributed by atoms with Crippen molar-refractivity contribution in [2.75, 3.05) is 4.72 Å². The fourth-order valence-electron chi connectivity index (χ4n) is 1.76. The lowest BCUT2D eigenvalue weighted by Gasteiger charge is -2.09. The van der Waals surface area contributed by atoms with Crippen molar-refractivity contribution in [3.63, 3.8) is 0 Å². The second-order valence-corrected chi connectivity index (χ2v) is 6.14. The Morgan fingerprint density at radius 1 is 1.19 bits per heavy atom. The first-order valence-corrected chi connectivity index (χ1v) is 7.55. The van der Waals surface area contributed by atoms with E-state index in [0.717, 1.165) is 11.6 Å². The molecule has 0 aliphatic heterocycles. The Morgan fingerprint density at radius 2 is 1.86 bits per heavy atom. The standard InChI is InChI=1S/C14H14FN3O2S/c15-11-2-1-3-13(9-11)21(19,20)18-12-6-4-10(5-7-12)8-14(16)17/h1-7,9,18H,8H2,(H3,16,17). The average molecular weight is 307 g/mol. The van der Waals surface area contributed by atoms with Gasteiger partial charge in [-0.25, -0.2) is 12.8 Å². The molecule has 0 aliphatic carbocycles. The minimum Gasteiger partial charge on any atom is -0.387 e. The summed E-state index contributed by atoms with van der Waals surface area (Å²) in [6.45, 7) is 0. The minimum atomic E-state index is -3.83. The fraction of sp³-hybridized carbons (Fsp3) is 0.0714. The number of rotatable bonds is 5. The molecule has 5 nitrogen and oxygen atoms in total. The second kappa shape index (κ2) is 5.92. The average Bonchev–Trinajstić information content (AvgIpc) is 2.40. The van der Waals surface area contributed by atoms with Gasteiger partial charge in [-0.05, 0) is 35.9 Å². The number of hydrogen-bond acceptors (Lipinski definition) is 3. The van der Waals surface area contributed by atoms with Crippen LogP contribution in [0.1, 0.15) is 5.56 Å². The molecule has 2 aromatic carbocycles. The van der Waals surface area contributed by atoms with Crippen LogP contribution >= 0.6 is 0 Å². The Bertz CT molecular complexity index is 758. The summed E-state index contributed by atoms with van der Waals surface area (Å²) in [5.41, 5.74) is 6.45. The van der Waals surface area contributed by atoms with Crippen molar-refractivity contribution >= 4 is 21.5 Å². The third-order valence-corrected chi connectivity index (χ3v) is 4.09. The van der Waals surface area contributed by atoms with Crippen LogP contribution in [0.2, 0.25) is 0 Å². The maximum Gasteiger partial charge on any atom is 0.261 e. The van der Waals surface area contributed by atoms with E-state index in [-0.39, 0.29) is 10.7 Å². The molecule has 21 heavy (non-hydrogen) atoms. The summed E-state index contributed by atoms with van der Waals surface area (Å²) >= 11 is 0. The molecule has 110 valence electrons. The molecule has 0 amide bonds. The number of sulfonamides is 1. The number of benzene rings is 2. The van der Waals surface area contributed by atoms with E-state index in [1.54, 1.807) is 24.3 Å². The van der Waals surface area contributed by atoms with Gasteiger partial charge in [0.2, 0.25) is 0 Å². The summed E-state index contributed by atoms with van der Waals surface area (Å²) in [5, 5.41) is 7.19. The summed E-state index contributed by atoms with van der Waals surface area (Å²) in [6, 6.07) is 11.2. The Kier molecular flexibility index (Phi) is 4.23. The highest BCUT2D eigenvalue weighted by Gasteiger charge is 2.14. The highest BCUT2D eigenvalue weighted by Crippen LogP contribution is 2.17. The van der Waals surface area contributed by atoms with Crippen LogP contribution in [-0.4, -0.2) is 14.3 Å². The Morgan fingerprint density at radius 3 is 2.43 bits per heavy atom. The summed E-state index contributed by atoms with van der Waals surface area (Å²) in [4.78, 5) is -0.143. The molecule has 0 saturated heterocycles. The van der Waals surface area contributed by atoms with Crippen molar-refractivity contribution in [3.8, 4) is 0 Å². The van der Waals surface area contributed by atoms with E-state index in [4.69, 9.17) is 11.1 Å². The Labute approximate surface area is 122 Å². The highest BCUT2D eigenvalue weighted by atomic mass is 32.2. The van der Waals surface area contributed by atoms with E-state index in [9.17, 15) is 12.8 Å². The van der Waals surface area contributed by atoms with Gasteiger partial charge in [-0.1, -0.05) is 18.2 Å². The maximum atomic E-state index is 13.1. The van der Waals surface area contributed by atoms with Crippen LogP contribution in [0.5, 0.6) is 0 Å². The first-order valence-electron chi connectivity index (χ1n) is 6.07. The van der Waals surface area contributed by atoms with Crippen LogP contribution in [0.4, 0.5) is 10.1 Å². The van der Waals surface area contributed by atoms with E-state index >= 15 is 0 Å². The zero-order valence-corrected chi connectivity index (χ0v) is 11.8. The summed E-state index contributed by atoms with van der Waals surface area (Å²) in [7, 11) is -3.83. The minimum absolute atomic E-state index is 0.0306.